The molecule has 0 spiro atoms. The number of ketones is 1. The third-order valence-corrected chi connectivity index (χ3v) is 3.71. The van der Waals surface area contributed by atoms with Crippen molar-refractivity contribution in [3.05, 3.63) is 41.5 Å². The van der Waals surface area contributed by atoms with Gasteiger partial charge in [-0.2, -0.15) is 0 Å². The molecule has 0 aliphatic heterocycles. The van der Waals surface area contributed by atoms with E-state index in [0.717, 1.165) is 24.3 Å². The zero-order valence-corrected chi connectivity index (χ0v) is 12.2. The number of ether oxygens (including phenoxy) is 1. The van der Waals surface area contributed by atoms with Crippen molar-refractivity contribution >= 4 is 5.78 Å². The van der Waals surface area contributed by atoms with Gasteiger partial charge < -0.3 is 10.1 Å². The third kappa shape index (κ3) is 4.49. The van der Waals surface area contributed by atoms with Gasteiger partial charge in [0.2, 0.25) is 0 Å². The Hall–Kier alpha value is -1.61. The molecule has 0 radical (unpaired) electrons. The molecule has 2 rings (SSSR count). The molecule has 0 saturated carbocycles. The molecule has 1 aromatic rings. The average Bonchev–Trinajstić information content (AvgIpc) is 2.52. The smallest absolute Gasteiger partial charge is 0.176 e. The number of hydrogen-bond donors (Lipinski definition) is 1. The molecule has 3 heteroatoms. The lowest BCUT2D eigenvalue weighted by Crippen LogP contribution is -2.24. The molecule has 0 amide bonds. The van der Waals surface area contributed by atoms with Crippen molar-refractivity contribution < 1.29 is 9.53 Å². The number of Topliss-reactive ketones (excluding diaryl/α,β-unsaturated/α-hetero) is 1. The van der Waals surface area contributed by atoms with E-state index in [1.165, 1.54) is 25.7 Å². The van der Waals surface area contributed by atoms with E-state index < -0.39 is 0 Å². The van der Waals surface area contributed by atoms with E-state index in [1.54, 1.807) is 12.7 Å². The molecule has 1 N–H and O–H groups in total. The van der Waals surface area contributed by atoms with Gasteiger partial charge in [-0.15, -0.1) is 0 Å². The van der Waals surface area contributed by atoms with E-state index in [1.807, 2.05) is 24.3 Å². The van der Waals surface area contributed by atoms with Crippen LogP contribution in [0.4, 0.5) is 0 Å². The maximum atomic E-state index is 12.0. The fourth-order valence-electron chi connectivity index (χ4n) is 2.46. The van der Waals surface area contributed by atoms with Gasteiger partial charge in [-0.1, -0.05) is 11.6 Å². The minimum atomic E-state index is 0.130. The summed E-state index contributed by atoms with van der Waals surface area (Å²) in [7, 11) is 1.62. The van der Waals surface area contributed by atoms with Crippen LogP contribution >= 0.6 is 0 Å². The fraction of sp³-hybridized carbons (Fsp3) is 0.471. The number of nitrogens with one attached hydrogen (secondary N) is 1. The van der Waals surface area contributed by atoms with Crippen LogP contribution in [0.5, 0.6) is 5.75 Å². The standard InChI is InChI=1S/C17H23NO2/c1-20-16-9-7-15(8-10-16)17(19)13-18-12-11-14-5-3-2-4-6-14/h5,7-10,18H,2-4,6,11-13H2,1H3. The first-order valence-electron chi connectivity index (χ1n) is 7.35. The highest BCUT2D eigenvalue weighted by Gasteiger charge is 2.06. The monoisotopic (exact) mass is 273 g/mol. The van der Waals surface area contributed by atoms with Crippen molar-refractivity contribution in [2.75, 3.05) is 20.2 Å². The second kappa shape index (κ2) is 7.85. The molecule has 1 aromatic carbocycles. The highest BCUT2D eigenvalue weighted by Crippen LogP contribution is 2.19. The SMILES string of the molecule is COc1ccc(C(=O)CNCCC2=CCCCC2)cc1. The Morgan fingerprint density at radius 1 is 1.25 bits per heavy atom. The van der Waals surface area contributed by atoms with E-state index in [2.05, 4.69) is 11.4 Å². The fourth-order valence-corrected chi connectivity index (χ4v) is 2.46. The van der Waals surface area contributed by atoms with Crippen molar-refractivity contribution in [2.45, 2.75) is 32.1 Å². The van der Waals surface area contributed by atoms with Gasteiger partial charge in [0.1, 0.15) is 5.75 Å². The summed E-state index contributed by atoms with van der Waals surface area (Å²) in [6, 6.07) is 7.26. The lowest BCUT2D eigenvalue weighted by molar-refractivity contribution is 0.0991. The number of allylic oxidation sites excluding steroid dienone is 1. The van der Waals surface area contributed by atoms with Crippen molar-refractivity contribution in [3.8, 4) is 5.75 Å². The van der Waals surface area contributed by atoms with Gasteiger partial charge in [0.05, 0.1) is 13.7 Å². The topological polar surface area (TPSA) is 38.3 Å². The van der Waals surface area contributed by atoms with Crippen molar-refractivity contribution in [1.29, 1.82) is 0 Å². The van der Waals surface area contributed by atoms with Crippen LogP contribution in [0.3, 0.4) is 0 Å². The zero-order chi connectivity index (χ0) is 14.2. The summed E-state index contributed by atoms with van der Waals surface area (Å²) < 4.78 is 5.08. The van der Waals surface area contributed by atoms with Gasteiger partial charge in [-0.3, -0.25) is 4.79 Å². The second-order valence-corrected chi connectivity index (χ2v) is 5.19. The van der Waals surface area contributed by atoms with E-state index in [4.69, 9.17) is 4.74 Å². The first-order valence-corrected chi connectivity index (χ1v) is 7.35. The molecule has 1 aliphatic carbocycles. The summed E-state index contributed by atoms with van der Waals surface area (Å²) in [5.74, 6) is 0.907. The molecule has 0 fully saturated rings. The van der Waals surface area contributed by atoms with Crippen LogP contribution in [0, 0.1) is 0 Å². The Kier molecular flexibility index (Phi) is 5.81. The minimum absolute atomic E-state index is 0.130. The number of carbonyl (C=O) groups excluding carboxylic acids is 1. The molecule has 0 aromatic heterocycles. The predicted octanol–water partition coefficient (Wildman–Crippen LogP) is 3.36. The molecule has 1 aliphatic rings. The van der Waals surface area contributed by atoms with Crippen LogP contribution < -0.4 is 10.1 Å². The highest BCUT2D eigenvalue weighted by atomic mass is 16.5. The Balaban J connectivity index is 1.70. The molecule has 0 saturated heterocycles. The van der Waals surface area contributed by atoms with Gasteiger partial charge in [0.15, 0.2) is 5.78 Å². The van der Waals surface area contributed by atoms with Crippen LogP contribution in [-0.4, -0.2) is 26.0 Å². The molecule has 20 heavy (non-hydrogen) atoms. The van der Waals surface area contributed by atoms with E-state index >= 15 is 0 Å². The molecular formula is C17H23NO2. The van der Waals surface area contributed by atoms with Crippen LogP contribution in [0.25, 0.3) is 0 Å². The van der Waals surface area contributed by atoms with Crippen molar-refractivity contribution in [1.82, 2.24) is 5.32 Å². The Morgan fingerprint density at radius 3 is 2.70 bits per heavy atom. The number of methoxy groups -OCH3 is 1. The molecule has 0 heterocycles. The van der Waals surface area contributed by atoms with Gasteiger partial charge in [0, 0.05) is 5.56 Å². The highest BCUT2D eigenvalue weighted by molar-refractivity contribution is 5.97. The summed E-state index contributed by atoms with van der Waals surface area (Å²) in [6.07, 6.45) is 8.52. The van der Waals surface area contributed by atoms with Gasteiger partial charge >= 0.3 is 0 Å². The van der Waals surface area contributed by atoms with E-state index in [-0.39, 0.29) is 5.78 Å². The third-order valence-electron chi connectivity index (χ3n) is 3.71. The largest absolute Gasteiger partial charge is 0.497 e. The minimum Gasteiger partial charge on any atom is -0.497 e. The van der Waals surface area contributed by atoms with Gasteiger partial charge in [0.25, 0.3) is 0 Å². The van der Waals surface area contributed by atoms with Crippen LogP contribution in [0.15, 0.2) is 35.9 Å². The van der Waals surface area contributed by atoms with Gasteiger partial charge in [-0.05, 0) is 62.9 Å². The average molecular weight is 273 g/mol. The first-order chi connectivity index (χ1) is 9.79. The molecule has 0 atom stereocenters. The lowest BCUT2D eigenvalue weighted by atomic mass is 9.97. The zero-order valence-electron chi connectivity index (χ0n) is 12.2. The van der Waals surface area contributed by atoms with E-state index in [9.17, 15) is 4.79 Å². The van der Waals surface area contributed by atoms with Crippen molar-refractivity contribution in [3.63, 3.8) is 0 Å². The summed E-state index contributed by atoms with van der Waals surface area (Å²) in [5, 5.41) is 3.24. The molecule has 0 unspecified atom stereocenters. The molecule has 108 valence electrons. The van der Waals surface area contributed by atoms with Crippen LogP contribution in [0.2, 0.25) is 0 Å². The number of rotatable bonds is 7. The Labute approximate surface area is 121 Å². The molecule has 0 bridgehead atoms. The summed E-state index contributed by atoms with van der Waals surface area (Å²) >= 11 is 0. The van der Waals surface area contributed by atoms with E-state index in [0.29, 0.717) is 6.54 Å². The first kappa shape index (κ1) is 14.8. The summed E-state index contributed by atoms with van der Waals surface area (Å²) in [4.78, 5) is 12.0. The molecule has 3 nitrogen and oxygen atoms in total. The maximum absolute atomic E-state index is 12.0. The second-order valence-electron chi connectivity index (χ2n) is 5.19. The van der Waals surface area contributed by atoms with Crippen LogP contribution in [0.1, 0.15) is 42.5 Å². The number of carbonyl (C=O) groups is 1. The molecular weight excluding hydrogens is 250 g/mol. The Morgan fingerprint density at radius 2 is 2.05 bits per heavy atom. The normalized spacial score (nSPS) is 14.8. The van der Waals surface area contributed by atoms with Crippen LogP contribution in [-0.2, 0) is 0 Å². The predicted molar refractivity (Wildman–Crippen MR) is 81.4 cm³/mol. The lowest BCUT2D eigenvalue weighted by Gasteiger charge is -2.12. The summed E-state index contributed by atoms with van der Waals surface area (Å²) in [5.41, 5.74) is 2.27. The summed E-state index contributed by atoms with van der Waals surface area (Å²) in [6.45, 7) is 1.29. The quantitative estimate of drug-likeness (QED) is 0.470. The van der Waals surface area contributed by atoms with Crippen molar-refractivity contribution in [2.24, 2.45) is 0 Å². The number of benzene rings is 1. The Bertz CT molecular complexity index is 462. The maximum Gasteiger partial charge on any atom is 0.176 e. The number of hydrogen-bond acceptors (Lipinski definition) is 3. The van der Waals surface area contributed by atoms with Gasteiger partial charge in [-0.25, -0.2) is 0 Å².